The number of rotatable bonds is 3. The van der Waals surface area contributed by atoms with Gasteiger partial charge in [0.1, 0.15) is 6.26 Å². The Morgan fingerprint density at radius 2 is 1.74 bits per heavy atom. The highest BCUT2D eigenvalue weighted by atomic mass is 16.3. The van der Waals surface area contributed by atoms with Crippen LogP contribution in [0.2, 0.25) is 0 Å². The molecule has 0 radical (unpaired) electrons. The van der Waals surface area contributed by atoms with Crippen molar-refractivity contribution in [1.29, 1.82) is 0 Å². The molecule has 1 N–H and O–H groups in total. The van der Waals surface area contributed by atoms with Crippen LogP contribution in [0.4, 0.5) is 10.5 Å². The topological polar surface area (TPSA) is 78.7 Å². The van der Waals surface area contributed by atoms with Gasteiger partial charge in [-0.25, -0.2) is 4.79 Å². The quantitative estimate of drug-likeness (QED) is 0.693. The lowest BCUT2D eigenvalue weighted by Gasteiger charge is -2.32. The fourth-order valence-corrected chi connectivity index (χ4v) is 4.39. The number of hydrogen-bond acceptors (Lipinski definition) is 4. The van der Waals surface area contributed by atoms with E-state index in [4.69, 9.17) is 4.42 Å². The molecule has 4 heterocycles. The molecule has 2 aliphatic rings. The lowest BCUT2D eigenvalue weighted by atomic mass is 9.89. The molecule has 0 unspecified atom stereocenters. The number of pyridine rings is 1. The number of furan rings is 1. The van der Waals surface area contributed by atoms with Gasteiger partial charge in [-0.05, 0) is 59.7 Å². The Bertz CT molecular complexity index is 1050. The number of piperidine rings is 1. The first kappa shape index (κ1) is 19.4. The fraction of sp³-hybridized carbons (Fsp3) is 0.292. The Kier molecular flexibility index (Phi) is 5.16. The molecule has 0 spiro atoms. The minimum atomic E-state index is -0.102. The summed E-state index contributed by atoms with van der Waals surface area (Å²) >= 11 is 0. The van der Waals surface area contributed by atoms with E-state index in [2.05, 4.69) is 22.4 Å². The molecule has 0 aliphatic carbocycles. The molecule has 7 heteroatoms. The summed E-state index contributed by atoms with van der Waals surface area (Å²) in [4.78, 5) is 32.9. The zero-order chi connectivity index (χ0) is 21.2. The highest BCUT2D eigenvalue weighted by molar-refractivity contribution is 5.94. The second-order valence-corrected chi connectivity index (χ2v) is 8.13. The molecule has 3 amide bonds. The average molecular weight is 416 g/mol. The standard InChI is InChI=1S/C24H24N4O3/c29-23(20-8-12-31-16-20)27-10-6-18(7-11-27)17-1-3-22(4-2-17)26-24(30)28-14-19-5-9-25-13-21(19)15-28/h1-5,8-9,12-13,16,18H,6-7,10-11,14-15H2,(H,26,30). The van der Waals surface area contributed by atoms with Crippen LogP contribution in [0.3, 0.4) is 0 Å². The van der Waals surface area contributed by atoms with Crippen LogP contribution in [0.15, 0.2) is 65.7 Å². The van der Waals surface area contributed by atoms with Crippen LogP contribution in [-0.4, -0.2) is 39.8 Å². The van der Waals surface area contributed by atoms with Gasteiger partial charge in [0.2, 0.25) is 0 Å². The summed E-state index contributed by atoms with van der Waals surface area (Å²) in [6.45, 7) is 2.66. The van der Waals surface area contributed by atoms with Gasteiger partial charge in [0, 0.05) is 44.3 Å². The molecule has 3 aromatic rings. The van der Waals surface area contributed by atoms with Crippen molar-refractivity contribution in [1.82, 2.24) is 14.8 Å². The minimum Gasteiger partial charge on any atom is -0.472 e. The molecule has 1 fully saturated rings. The predicted molar refractivity (Wildman–Crippen MR) is 116 cm³/mol. The number of carbonyl (C=O) groups excluding carboxylic acids is 2. The maximum Gasteiger partial charge on any atom is 0.322 e. The largest absolute Gasteiger partial charge is 0.472 e. The van der Waals surface area contributed by atoms with Gasteiger partial charge < -0.3 is 19.5 Å². The number of carbonyl (C=O) groups is 2. The van der Waals surface area contributed by atoms with Crippen LogP contribution < -0.4 is 5.32 Å². The van der Waals surface area contributed by atoms with Crippen molar-refractivity contribution in [3.05, 3.63) is 83.6 Å². The Labute approximate surface area is 180 Å². The number of nitrogens with one attached hydrogen (secondary N) is 1. The van der Waals surface area contributed by atoms with Gasteiger partial charge in [-0.15, -0.1) is 0 Å². The molecule has 2 aliphatic heterocycles. The summed E-state index contributed by atoms with van der Waals surface area (Å²) in [7, 11) is 0. The van der Waals surface area contributed by atoms with E-state index in [1.807, 2.05) is 29.3 Å². The summed E-state index contributed by atoms with van der Waals surface area (Å²) in [6.07, 6.45) is 8.46. The van der Waals surface area contributed by atoms with Crippen LogP contribution >= 0.6 is 0 Å². The number of urea groups is 1. The third kappa shape index (κ3) is 4.03. The summed E-state index contributed by atoms with van der Waals surface area (Å²) in [5, 5.41) is 2.99. The molecule has 31 heavy (non-hydrogen) atoms. The Hall–Kier alpha value is -3.61. The van der Waals surface area contributed by atoms with Gasteiger partial charge in [0.15, 0.2) is 0 Å². The lowest BCUT2D eigenvalue weighted by molar-refractivity contribution is 0.0712. The highest BCUT2D eigenvalue weighted by Gasteiger charge is 2.26. The number of aromatic nitrogens is 1. The van der Waals surface area contributed by atoms with E-state index in [9.17, 15) is 9.59 Å². The second-order valence-electron chi connectivity index (χ2n) is 8.13. The zero-order valence-electron chi connectivity index (χ0n) is 17.2. The lowest BCUT2D eigenvalue weighted by Crippen LogP contribution is -2.37. The third-order valence-corrected chi connectivity index (χ3v) is 6.20. The second kappa shape index (κ2) is 8.26. The van der Waals surface area contributed by atoms with Crippen molar-refractivity contribution in [2.24, 2.45) is 0 Å². The van der Waals surface area contributed by atoms with Gasteiger partial charge in [-0.1, -0.05) is 12.1 Å². The monoisotopic (exact) mass is 416 g/mol. The Morgan fingerprint density at radius 3 is 2.45 bits per heavy atom. The molecule has 5 rings (SSSR count). The van der Waals surface area contributed by atoms with E-state index in [0.29, 0.717) is 24.6 Å². The molecule has 158 valence electrons. The maximum atomic E-state index is 12.6. The molecule has 0 saturated carbocycles. The molecule has 1 saturated heterocycles. The zero-order valence-corrected chi connectivity index (χ0v) is 17.2. The van der Waals surface area contributed by atoms with E-state index in [1.165, 1.54) is 18.1 Å². The van der Waals surface area contributed by atoms with Crippen LogP contribution in [0.5, 0.6) is 0 Å². The number of likely N-dealkylation sites (tertiary alicyclic amines) is 1. The average Bonchev–Trinajstić information content (AvgIpc) is 3.49. The van der Waals surface area contributed by atoms with Crippen LogP contribution in [-0.2, 0) is 13.1 Å². The number of nitrogens with zero attached hydrogens (tertiary/aromatic N) is 3. The van der Waals surface area contributed by atoms with Crippen molar-refractivity contribution in [2.45, 2.75) is 31.8 Å². The number of hydrogen-bond donors (Lipinski definition) is 1. The summed E-state index contributed by atoms with van der Waals surface area (Å²) in [5.74, 6) is 0.448. The van der Waals surface area contributed by atoms with Crippen molar-refractivity contribution in [3.63, 3.8) is 0 Å². The molecule has 0 atom stereocenters. The summed E-state index contributed by atoms with van der Waals surface area (Å²) in [5.41, 5.74) is 4.89. The first-order valence-corrected chi connectivity index (χ1v) is 10.6. The van der Waals surface area contributed by atoms with Gasteiger partial charge in [0.25, 0.3) is 5.91 Å². The maximum absolute atomic E-state index is 12.6. The molecular weight excluding hydrogens is 392 g/mol. The van der Waals surface area contributed by atoms with Gasteiger partial charge in [-0.3, -0.25) is 9.78 Å². The van der Waals surface area contributed by atoms with Crippen LogP contribution in [0.25, 0.3) is 0 Å². The first-order valence-electron chi connectivity index (χ1n) is 10.6. The van der Waals surface area contributed by atoms with Gasteiger partial charge >= 0.3 is 6.03 Å². The molecular formula is C24H24N4O3. The Balaban J connectivity index is 1.15. The van der Waals surface area contributed by atoms with Gasteiger partial charge in [-0.2, -0.15) is 0 Å². The molecule has 2 aromatic heterocycles. The number of benzene rings is 1. The third-order valence-electron chi connectivity index (χ3n) is 6.20. The van der Waals surface area contributed by atoms with E-state index in [1.54, 1.807) is 17.2 Å². The molecule has 1 aromatic carbocycles. The van der Waals surface area contributed by atoms with Gasteiger partial charge in [0.05, 0.1) is 11.8 Å². The SMILES string of the molecule is O=C(Nc1ccc(C2CCN(C(=O)c3ccoc3)CC2)cc1)N1Cc2ccncc2C1. The predicted octanol–water partition coefficient (Wildman–Crippen LogP) is 4.24. The number of anilines is 1. The summed E-state index contributed by atoms with van der Waals surface area (Å²) < 4.78 is 5.02. The van der Waals surface area contributed by atoms with E-state index < -0.39 is 0 Å². The van der Waals surface area contributed by atoms with Crippen molar-refractivity contribution < 1.29 is 14.0 Å². The van der Waals surface area contributed by atoms with E-state index in [-0.39, 0.29) is 11.9 Å². The smallest absolute Gasteiger partial charge is 0.322 e. The van der Waals surface area contributed by atoms with Crippen molar-refractivity contribution in [2.75, 3.05) is 18.4 Å². The van der Waals surface area contributed by atoms with E-state index >= 15 is 0 Å². The number of fused-ring (bicyclic) bond motifs is 1. The van der Waals surface area contributed by atoms with Crippen LogP contribution in [0, 0.1) is 0 Å². The molecule has 0 bridgehead atoms. The summed E-state index contributed by atoms with van der Waals surface area (Å²) in [6, 6.07) is 11.6. The highest BCUT2D eigenvalue weighted by Crippen LogP contribution is 2.30. The fourth-order valence-electron chi connectivity index (χ4n) is 4.39. The molecule has 7 nitrogen and oxygen atoms in total. The first-order chi connectivity index (χ1) is 15.2. The van der Waals surface area contributed by atoms with Crippen molar-refractivity contribution in [3.8, 4) is 0 Å². The van der Waals surface area contributed by atoms with E-state index in [0.717, 1.165) is 42.7 Å². The number of amides is 3. The van der Waals surface area contributed by atoms with Crippen LogP contribution in [0.1, 0.15) is 45.8 Å². The Morgan fingerprint density at radius 1 is 0.968 bits per heavy atom. The normalized spacial score (nSPS) is 16.3. The minimum absolute atomic E-state index is 0.0325. The van der Waals surface area contributed by atoms with Crippen molar-refractivity contribution >= 4 is 17.6 Å².